The Labute approximate surface area is 188 Å². The van der Waals surface area contributed by atoms with E-state index < -0.39 is 15.8 Å². The fourth-order valence-corrected chi connectivity index (χ4v) is 4.62. The average molecular weight is 462 g/mol. The van der Waals surface area contributed by atoms with Crippen LogP contribution in [0.5, 0.6) is 0 Å². The van der Waals surface area contributed by atoms with E-state index in [1.807, 2.05) is 6.92 Å². The molecule has 2 aromatic rings. The van der Waals surface area contributed by atoms with Crippen LogP contribution in [0.25, 0.3) is 0 Å². The first-order valence-electron chi connectivity index (χ1n) is 10.8. The van der Waals surface area contributed by atoms with E-state index in [9.17, 15) is 22.4 Å². The number of likely N-dealkylation sites (tertiary alicyclic amines) is 1. The highest BCUT2D eigenvalue weighted by Crippen LogP contribution is 2.22. The number of hydrogen-bond donors (Lipinski definition) is 2. The van der Waals surface area contributed by atoms with Gasteiger partial charge >= 0.3 is 0 Å². The van der Waals surface area contributed by atoms with Crippen LogP contribution < -0.4 is 10.0 Å². The number of rotatable bonds is 8. The molecule has 2 amide bonds. The molecule has 0 saturated carbocycles. The largest absolute Gasteiger partial charge is 0.339 e. The van der Waals surface area contributed by atoms with Gasteiger partial charge in [0.2, 0.25) is 15.9 Å². The predicted molar refractivity (Wildman–Crippen MR) is 120 cm³/mol. The third-order valence-electron chi connectivity index (χ3n) is 5.50. The van der Waals surface area contributed by atoms with Crippen molar-refractivity contribution in [2.45, 2.75) is 37.5 Å². The number of halogens is 1. The zero-order valence-corrected chi connectivity index (χ0v) is 18.8. The number of piperidine rings is 1. The minimum Gasteiger partial charge on any atom is -0.339 e. The van der Waals surface area contributed by atoms with Crippen LogP contribution in [-0.4, -0.2) is 44.8 Å². The molecule has 0 aliphatic carbocycles. The van der Waals surface area contributed by atoms with Crippen molar-refractivity contribution in [3.8, 4) is 0 Å². The average Bonchev–Trinajstić information content (AvgIpc) is 2.79. The number of sulfonamides is 1. The first-order valence-corrected chi connectivity index (χ1v) is 12.2. The number of benzene rings is 2. The maximum absolute atomic E-state index is 13.1. The first-order chi connectivity index (χ1) is 15.3. The highest BCUT2D eigenvalue weighted by molar-refractivity contribution is 7.89. The van der Waals surface area contributed by atoms with Gasteiger partial charge in [0, 0.05) is 36.8 Å². The lowest BCUT2D eigenvalue weighted by atomic mass is 9.95. The molecule has 0 bridgehead atoms. The lowest BCUT2D eigenvalue weighted by Gasteiger charge is -2.31. The third-order valence-corrected chi connectivity index (χ3v) is 6.98. The minimum atomic E-state index is -3.56. The van der Waals surface area contributed by atoms with Gasteiger partial charge in [-0.05, 0) is 67.8 Å². The summed E-state index contributed by atoms with van der Waals surface area (Å²) in [5.74, 6) is -0.967. The molecular formula is C23H28FN3O4S. The Morgan fingerprint density at radius 1 is 1.03 bits per heavy atom. The third kappa shape index (κ3) is 6.14. The summed E-state index contributed by atoms with van der Waals surface area (Å²) in [6, 6.07) is 11.5. The van der Waals surface area contributed by atoms with Crippen molar-refractivity contribution in [2.24, 2.45) is 5.92 Å². The molecule has 0 radical (unpaired) electrons. The highest BCUT2D eigenvalue weighted by atomic mass is 32.2. The molecule has 0 unspecified atom stereocenters. The number of carbonyl (C=O) groups excluding carboxylic acids is 2. The van der Waals surface area contributed by atoms with Crippen LogP contribution in [-0.2, 0) is 14.8 Å². The molecule has 9 heteroatoms. The maximum Gasteiger partial charge on any atom is 0.253 e. The number of unbranched alkanes of at least 4 members (excludes halogenated alkanes) is 1. The molecule has 1 fully saturated rings. The van der Waals surface area contributed by atoms with Crippen molar-refractivity contribution >= 4 is 27.5 Å². The van der Waals surface area contributed by atoms with Crippen LogP contribution in [0, 0.1) is 11.7 Å². The molecule has 0 spiro atoms. The van der Waals surface area contributed by atoms with E-state index in [1.165, 1.54) is 36.4 Å². The second-order valence-electron chi connectivity index (χ2n) is 7.84. The van der Waals surface area contributed by atoms with Gasteiger partial charge in [0.1, 0.15) is 5.82 Å². The number of nitrogens with one attached hydrogen (secondary N) is 2. The van der Waals surface area contributed by atoms with Gasteiger partial charge in [-0.3, -0.25) is 9.59 Å². The summed E-state index contributed by atoms with van der Waals surface area (Å²) in [5, 5.41) is 2.83. The SMILES string of the molecule is CCCCNS(=O)(=O)c1ccc(NC(=O)C2CCN(C(=O)c3ccc(F)cc3)CC2)cc1. The van der Waals surface area contributed by atoms with Crippen molar-refractivity contribution in [1.29, 1.82) is 0 Å². The Balaban J connectivity index is 1.51. The minimum absolute atomic E-state index is 0.152. The van der Waals surface area contributed by atoms with Crippen molar-refractivity contribution in [1.82, 2.24) is 9.62 Å². The topological polar surface area (TPSA) is 95.6 Å². The molecule has 2 N–H and O–H groups in total. The van der Waals surface area contributed by atoms with Crippen LogP contribution in [0.15, 0.2) is 53.4 Å². The molecule has 1 aliphatic rings. The second kappa shape index (κ2) is 10.7. The Kier molecular flexibility index (Phi) is 7.98. The van der Waals surface area contributed by atoms with Gasteiger partial charge < -0.3 is 10.2 Å². The first kappa shape index (κ1) is 23.9. The Hall–Kier alpha value is -2.78. The zero-order valence-electron chi connectivity index (χ0n) is 18.0. The zero-order chi connectivity index (χ0) is 23.1. The summed E-state index contributed by atoms with van der Waals surface area (Å²) in [6.45, 7) is 3.25. The number of amides is 2. The lowest BCUT2D eigenvalue weighted by molar-refractivity contribution is -0.121. The molecule has 3 rings (SSSR count). The van der Waals surface area contributed by atoms with Gasteiger partial charge in [-0.2, -0.15) is 0 Å². The molecule has 1 saturated heterocycles. The van der Waals surface area contributed by atoms with E-state index in [0.717, 1.165) is 12.8 Å². The smallest absolute Gasteiger partial charge is 0.253 e. The molecular weight excluding hydrogens is 433 g/mol. The molecule has 0 atom stereocenters. The molecule has 7 nitrogen and oxygen atoms in total. The fourth-order valence-electron chi connectivity index (χ4n) is 3.55. The van der Waals surface area contributed by atoms with E-state index in [-0.39, 0.29) is 22.6 Å². The van der Waals surface area contributed by atoms with Crippen molar-refractivity contribution < 1.29 is 22.4 Å². The van der Waals surface area contributed by atoms with Gasteiger partial charge in [-0.25, -0.2) is 17.5 Å². The number of carbonyl (C=O) groups is 2. The van der Waals surface area contributed by atoms with Crippen LogP contribution in [0.1, 0.15) is 43.0 Å². The predicted octanol–water partition coefficient (Wildman–Crippen LogP) is 3.40. The normalized spacial score (nSPS) is 14.9. The van der Waals surface area contributed by atoms with E-state index in [2.05, 4.69) is 10.0 Å². The number of nitrogens with zero attached hydrogens (tertiary/aromatic N) is 1. The lowest BCUT2D eigenvalue weighted by Crippen LogP contribution is -2.41. The Morgan fingerprint density at radius 3 is 2.25 bits per heavy atom. The van der Waals surface area contributed by atoms with Crippen LogP contribution in [0.4, 0.5) is 10.1 Å². The maximum atomic E-state index is 13.1. The fraction of sp³-hybridized carbons (Fsp3) is 0.391. The summed E-state index contributed by atoms with van der Waals surface area (Å²) >= 11 is 0. The van der Waals surface area contributed by atoms with Crippen LogP contribution in [0.2, 0.25) is 0 Å². The Bertz CT molecular complexity index is 1030. The molecule has 172 valence electrons. The van der Waals surface area contributed by atoms with Gasteiger partial charge in [0.15, 0.2) is 0 Å². The van der Waals surface area contributed by atoms with Crippen molar-refractivity contribution in [3.05, 3.63) is 59.9 Å². The van der Waals surface area contributed by atoms with Gasteiger partial charge in [-0.15, -0.1) is 0 Å². The molecule has 2 aromatic carbocycles. The molecule has 1 aliphatic heterocycles. The molecule has 1 heterocycles. The summed E-state index contributed by atoms with van der Waals surface area (Å²) < 4.78 is 40.1. The number of anilines is 1. The quantitative estimate of drug-likeness (QED) is 0.589. The highest BCUT2D eigenvalue weighted by Gasteiger charge is 2.28. The van der Waals surface area contributed by atoms with E-state index >= 15 is 0 Å². The van der Waals surface area contributed by atoms with Crippen LogP contribution in [0.3, 0.4) is 0 Å². The van der Waals surface area contributed by atoms with Gasteiger partial charge in [-0.1, -0.05) is 13.3 Å². The van der Waals surface area contributed by atoms with E-state index in [1.54, 1.807) is 17.0 Å². The summed E-state index contributed by atoms with van der Waals surface area (Å²) in [7, 11) is -3.56. The van der Waals surface area contributed by atoms with Gasteiger partial charge in [0.25, 0.3) is 5.91 Å². The Morgan fingerprint density at radius 2 is 1.66 bits per heavy atom. The van der Waals surface area contributed by atoms with Crippen LogP contribution >= 0.6 is 0 Å². The van der Waals surface area contributed by atoms with E-state index in [4.69, 9.17) is 0 Å². The summed E-state index contributed by atoms with van der Waals surface area (Å²) in [6.07, 6.45) is 2.70. The van der Waals surface area contributed by atoms with Crippen molar-refractivity contribution in [2.75, 3.05) is 25.0 Å². The standard InChI is InChI=1S/C23H28FN3O4S/c1-2-3-14-25-32(30,31)21-10-8-20(9-11-21)26-22(28)17-12-15-27(16-13-17)23(29)18-4-6-19(24)7-5-18/h4-11,17,25H,2-3,12-16H2,1H3,(H,26,28). The van der Waals surface area contributed by atoms with Crippen molar-refractivity contribution in [3.63, 3.8) is 0 Å². The summed E-state index contributed by atoms with van der Waals surface area (Å²) in [5.41, 5.74) is 0.945. The van der Waals surface area contributed by atoms with Gasteiger partial charge in [0.05, 0.1) is 4.90 Å². The van der Waals surface area contributed by atoms with E-state index in [0.29, 0.717) is 43.7 Å². The summed E-state index contributed by atoms with van der Waals surface area (Å²) in [4.78, 5) is 27.0. The number of hydrogen-bond acceptors (Lipinski definition) is 4. The monoisotopic (exact) mass is 461 g/mol. The molecule has 0 aromatic heterocycles. The molecule has 32 heavy (non-hydrogen) atoms. The second-order valence-corrected chi connectivity index (χ2v) is 9.61.